The van der Waals surface area contributed by atoms with Crippen LogP contribution in [0.4, 0.5) is 0 Å². The van der Waals surface area contributed by atoms with E-state index in [0.29, 0.717) is 15.4 Å². The van der Waals surface area contributed by atoms with E-state index < -0.39 is 0 Å². The Morgan fingerprint density at radius 3 is 1.43 bits per heavy atom. The molecule has 28 heavy (non-hydrogen) atoms. The van der Waals surface area contributed by atoms with Gasteiger partial charge in [-0.2, -0.15) is 5.26 Å². The van der Waals surface area contributed by atoms with Gasteiger partial charge in [-0.1, -0.05) is 39.1 Å². The van der Waals surface area contributed by atoms with Gasteiger partial charge in [-0.15, -0.1) is 0 Å². The van der Waals surface area contributed by atoms with Gasteiger partial charge >= 0.3 is 0 Å². The normalized spacial score (nSPS) is 9.29. The highest BCUT2D eigenvalue weighted by atomic mass is 79.9. The molecular weight excluding hydrogens is 461 g/mol. The second-order valence-electron chi connectivity index (χ2n) is 6.17. The molecule has 0 bridgehead atoms. The van der Waals surface area contributed by atoms with Gasteiger partial charge in [0.1, 0.15) is 0 Å². The van der Waals surface area contributed by atoms with Crippen molar-refractivity contribution in [1.82, 2.24) is 0 Å². The Kier molecular flexibility index (Phi) is 12.0. The fourth-order valence-electron chi connectivity index (χ4n) is 2.88. The van der Waals surface area contributed by atoms with Crippen LogP contribution in [0.15, 0.2) is 24.3 Å². The first-order chi connectivity index (χ1) is 13.0. The van der Waals surface area contributed by atoms with Crippen molar-refractivity contribution in [2.45, 2.75) is 41.5 Å². The summed E-state index contributed by atoms with van der Waals surface area (Å²) in [6, 6.07) is 8.99. The SMILES string of the molecule is CC#N.CC(=O)c1c(C)cc(Cl)cc1C.Cc1cc(Cl)cc(C)c1C(=O)CBr. The number of alkyl halides is 1. The number of benzene rings is 2. The minimum absolute atomic E-state index is 0.0988. The third-order valence-electron chi connectivity index (χ3n) is 3.75. The summed E-state index contributed by atoms with van der Waals surface area (Å²) in [6.45, 7) is 10.6. The zero-order chi connectivity index (χ0) is 22.0. The van der Waals surface area contributed by atoms with Gasteiger partial charge in [-0.25, -0.2) is 0 Å². The van der Waals surface area contributed by atoms with E-state index in [2.05, 4.69) is 15.9 Å². The molecule has 3 nitrogen and oxygen atoms in total. The van der Waals surface area contributed by atoms with Gasteiger partial charge in [0.25, 0.3) is 0 Å². The molecular formula is C22H24BrCl2NO2. The molecule has 6 heteroatoms. The van der Waals surface area contributed by atoms with Gasteiger partial charge in [0.05, 0.1) is 11.4 Å². The highest BCUT2D eigenvalue weighted by Crippen LogP contribution is 2.21. The van der Waals surface area contributed by atoms with E-state index in [1.807, 2.05) is 52.0 Å². The number of carbonyl (C=O) groups is 2. The van der Waals surface area contributed by atoms with Crippen molar-refractivity contribution >= 4 is 50.7 Å². The lowest BCUT2D eigenvalue weighted by molar-refractivity contribution is 0.101. The molecule has 0 aliphatic carbocycles. The van der Waals surface area contributed by atoms with Crippen molar-refractivity contribution in [3.63, 3.8) is 0 Å². The third-order valence-corrected chi connectivity index (χ3v) is 4.69. The molecule has 0 spiro atoms. The first kappa shape index (κ1) is 26.3. The van der Waals surface area contributed by atoms with Crippen LogP contribution >= 0.6 is 39.1 Å². The lowest BCUT2D eigenvalue weighted by atomic mass is 10.0. The van der Waals surface area contributed by atoms with E-state index in [9.17, 15) is 9.59 Å². The first-order valence-electron chi connectivity index (χ1n) is 8.44. The van der Waals surface area contributed by atoms with Crippen LogP contribution in [0.2, 0.25) is 10.0 Å². The average molecular weight is 485 g/mol. The number of carbonyl (C=O) groups excluding carboxylic acids is 2. The molecule has 2 rings (SSSR count). The summed E-state index contributed by atoms with van der Waals surface area (Å²) in [5.74, 6) is 0.202. The molecule has 0 saturated heterocycles. The summed E-state index contributed by atoms with van der Waals surface area (Å²) in [4.78, 5) is 22.6. The van der Waals surface area contributed by atoms with Crippen molar-refractivity contribution in [3.05, 3.63) is 67.7 Å². The predicted octanol–water partition coefficient (Wildman–Crippen LogP) is 7.22. The van der Waals surface area contributed by atoms with Crippen LogP contribution in [-0.4, -0.2) is 16.9 Å². The minimum atomic E-state index is 0.0988. The number of hydrogen-bond acceptors (Lipinski definition) is 3. The molecule has 0 amide bonds. The van der Waals surface area contributed by atoms with Crippen molar-refractivity contribution < 1.29 is 9.59 Å². The molecule has 2 aromatic carbocycles. The molecule has 150 valence electrons. The second-order valence-corrected chi connectivity index (χ2v) is 7.60. The summed E-state index contributed by atoms with van der Waals surface area (Å²) in [5.41, 5.74) is 5.35. The van der Waals surface area contributed by atoms with E-state index in [1.165, 1.54) is 6.92 Å². The molecule has 0 radical (unpaired) electrons. The van der Waals surface area contributed by atoms with Gasteiger partial charge in [0, 0.05) is 28.1 Å². The quantitative estimate of drug-likeness (QED) is 0.341. The number of aryl methyl sites for hydroxylation is 4. The van der Waals surface area contributed by atoms with Gasteiger partial charge < -0.3 is 0 Å². The monoisotopic (exact) mass is 483 g/mol. The molecule has 0 N–H and O–H groups in total. The Hall–Kier alpha value is -1.67. The molecule has 0 aliphatic rings. The van der Waals surface area contributed by atoms with Crippen LogP contribution in [0, 0.1) is 39.0 Å². The predicted molar refractivity (Wildman–Crippen MR) is 121 cm³/mol. The van der Waals surface area contributed by atoms with Crippen LogP contribution < -0.4 is 0 Å². The van der Waals surface area contributed by atoms with Crippen LogP contribution in [0.25, 0.3) is 0 Å². The maximum Gasteiger partial charge on any atom is 0.173 e. The number of nitriles is 1. The molecule has 0 heterocycles. The van der Waals surface area contributed by atoms with Crippen molar-refractivity contribution in [2.24, 2.45) is 0 Å². The molecule has 0 unspecified atom stereocenters. The number of ketones is 2. The smallest absolute Gasteiger partial charge is 0.173 e. The van der Waals surface area contributed by atoms with Crippen LogP contribution in [0.5, 0.6) is 0 Å². The maximum absolute atomic E-state index is 11.5. The van der Waals surface area contributed by atoms with E-state index in [4.69, 9.17) is 28.5 Å². The fraction of sp³-hybridized carbons (Fsp3) is 0.318. The van der Waals surface area contributed by atoms with E-state index >= 15 is 0 Å². The number of nitrogens with zero attached hydrogens (tertiary/aromatic N) is 1. The molecule has 0 saturated carbocycles. The summed E-state index contributed by atoms with van der Waals surface area (Å²) >= 11 is 14.8. The van der Waals surface area contributed by atoms with Gasteiger partial charge in [-0.05, 0) is 81.1 Å². The standard InChI is InChI=1S/C10H10BrClO.C10H11ClO.C2H3N/c1-6-3-8(12)4-7(2)10(6)9(13)5-11;1-6-4-9(11)5-7(2)10(6)8(3)12;1-2-3/h3-4H,5H2,1-2H3;4-5H,1-3H3;1H3. The topological polar surface area (TPSA) is 57.9 Å². The number of Topliss-reactive ketones (excluding diaryl/α,β-unsaturated/α-hetero) is 2. The number of rotatable bonds is 3. The highest BCUT2D eigenvalue weighted by Gasteiger charge is 2.11. The second kappa shape index (κ2) is 12.7. The Bertz CT molecular complexity index is 856. The van der Waals surface area contributed by atoms with E-state index in [0.717, 1.165) is 33.4 Å². The van der Waals surface area contributed by atoms with Gasteiger partial charge in [-0.3, -0.25) is 9.59 Å². The van der Waals surface area contributed by atoms with Gasteiger partial charge in [0.2, 0.25) is 0 Å². The van der Waals surface area contributed by atoms with Crippen molar-refractivity contribution in [1.29, 1.82) is 5.26 Å². The van der Waals surface area contributed by atoms with Crippen molar-refractivity contribution in [2.75, 3.05) is 5.33 Å². The molecule has 0 fully saturated rings. The first-order valence-corrected chi connectivity index (χ1v) is 10.3. The molecule has 2 aromatic rings. The number of hydrogen-bond donors (Lipinski definition) is 0. The largest absolute Gasteiger partial charge is 0.294 e. The van der Waals surface area contributed by atoms with Crippen LogP contribution in [0.3, 0.4) is 0 Å². The lowest BCUT2D eigenvalue weighted by Crippen LogP contribution is -2.05. The highest BCUT2D eigenvalue weighted by molar-refractivity contribution is 9.09. The molecule has 0 aromatic heterocycles. The van der Waals surface area contributed by atoms with E-state index in [1.54, 1.807) is 13.0 Å². The van der Waals surface area contributed by atoms with Crippen LogP contribution in [-0.2, 0) is 0 Å². The molecule has 0 atom stereocenters. The Morgan fingerprint density at radius 2 is 1.18 bits per heavy atom. The third kappa shape index (κ3) is 8.14. The maximum atomic E-state index is 11.5. The van der Waals surface area contributed by atoms with E-state index in [-0.39, 0.29) is 11.6 Å². The average Bonchev–Trinajstić information content (AvgIpc) is 2.53. The van der Waals surface area contributed by atoms with Crippen LogP contribution in [0.1, 0.15) is 56.8 Å². The Labute approximate surface area is 185 Å². The zero-order valence-corrected chi connectivity index (χ0v) is 20.0. The fourth-order valence-corrected chi connectivity index (χ4v) is 3.82. The minimum Gasteiger partial charge on any atom is -0.294 e. The lowest BCUT2D eigenvalue weighted by Gasteiger charge is -2.07. The summed E-state index contributed by atoms with van der Waals surface area (Å²) in [7, 11) is 0. The summed E-state index contributed by atoms with van der Waals surface area (Å²) in [6.07, 6.45) is 0. The van der Waals surface area contributed by atoms with Crippen molar-refractivity contribution in [3.8, 4) is 6.07 Å². The zero-order valence-electron chi connectivity index (χ0n) is 16.9. The Balaban J connectivity index is 0.000000458. The molecule has 0 aliphatic heterocycles. The van der Waals surface area contributed by atoms with Gasteiger partial charge in [0.15, 0.2) is 11.6 Å². The Morgan fingerprint density at radius 1 is 0.893 bits per heavy atom. The number of halogens is 3. The summed E-state index contributed by atoms with van der Waals surface area (Å²) in [5, 5.41) is 9.05. The summed E-state index contributed by atoms with van der Waals surface area (Å²) < 4.78 is 0.